The van der Waals surface area contributed by atoms with Gasteiger partial charge >= 0.3 is 5.97 Å². The molecule has 0 aliphatic carbocycles. The highest BCUT2D eigenvalue weighted by atomic mass is 32.2. The predicted molar refractivity (Wildman–Crippen MR) is 128 cm³/mol. The zero-order chi connectivity index (χ0) is 25.4. The molecule has 3 rings (SSSR count). The summed E-state index contributed by atoms with van der Waals surface area (Å²) in [5.74, 6) is -1.00. The molecule has 1 aromatic carbocycles. The highest BCUT2D eigenvalue weighted by Gasteiger charge is 2.26. The van der Waals surface area contributed by atoms with Crippen LogP contribution in [0.4, 0.5) is 0 Å². The van der Waals surface area contributed by atoms with Crippen molar-refractivity contribution in [2.75, 3.05) is 45.9 Å². The molecular formula is C24H29N3O7S. The number of nitrogens with zero attached hydrogens (tertiary/aromatic N) is 3. The van der Waals surface area contributed by atoms with Gasteiger partial charge in [0.05, 0.1) is 11.2 Å². The van der Waals surface area contributed by atoms with Crippen LogP contribution < -0.4 is 0 Å². The number of hydrogen-bond acceptors (Lipinski definition) is 7. The minimum atomic E-state index is -3.55. The van der Waals surface area contributed by atoms with Crippen LogP contribution in [0.15, 0.2) is 58.1 Å². The molecule has 10 nitrogen and oxygen atoms in total. The average molecular weight is 504 g/mol. The summed E-state index contributed by atoms with van der Waals surface area (Å²) in [6, 6.07) is 9.39. The lowest BCUT2D eigenvalue weighted by Crippen LogP contribution is -2.51. The molecule has 2 amide bonds. The van der Waals surface area contributed by atoms with Crippen molar-refractivity contribution in [2.45, 2.75) is 18.7 Å². The molecule has 11 heteroatoms. The molecule has 35 heavy (non-hydrogen) atoms. The van der Waals surface area contributed by atoms with E-state index >= 15 is 0 Å². The van der Waals surface area contributed by atoms with Crippen molar-refractivity contribution in [3.05, 3.63) is 60.1 Å². The van der Waals surface area contributed by atoms with Gasteiger partial charge in [-0.15, -0.1) is 0 Å². The van der Waals surface area contributed by atoms with E-state index in [0.29, 0.717) is 44.8 Å². The number of esters is 1. The molecule has 0 unspecified atom stereocenters. The van der Waals surface area contributed by atoms with E-state index in [1.165, 1.54) is 39.8 Å². The van der Waals surface area contributed by atoms with Gasteiger partial charge in [0.15, 0.2) is 12.4 Å². The number of benzene rings is 1. The lowest BCUT2D eigenvalue weighted by molar-refractivity contribution is -0.148. The van der Waals surface area contributed by atoms with Gasteiger partial charge in [-0.2, -0.15) is 4.31 Å². The maximum atomic E-state index is 12.5. The number of furan rings is 1. The molecule has 2 aromatic rings. The van der Waals surface area contributed by atoms with Gasteiger partial charge in [0.2, 0.25) is 10.0 Å². The van der Waals surface area contributed by atoms with Crippen LogP contribution in [-0.4, -0.2) is 86.2 Å². The molecule has 0 atom stereocenters. The summed E-state index contributed by atoms with van der Waals surface area (Å²) < 4.78 is 36.6. The normalized spacial score (nSPS) is 14.5. The maximum absolute atomic E-state index is 12.5. The van der Waals surface area contributed by atoms with E-state index in [0.717, 1.165) is 0 Å². The lowest BCUT2D eigenvalue weighted by atomic mass is 10.2. The van der Waals surface area contributed by atoms with E-state index in [4.69, 9.17) is 9.15 Å². The molecule has 188 valence electrons. The Morgan fingerprint density at radius 3 is 2.20 bits per heavy atom. The Morgan fingerprint density at radius 2 is 1.63 bits per heavy atom. The quantitative estimate of drug-likeness (QED) is 0.379. The molecule has 2 heterocycles. The largest absolute Gasteiger partial charge is 0.459 e. The Kier molecular flexibility index (Phi) is 8.83. The SMILES string of the molecule is CCN(CC)S(=O)(=O)c1ccc(/C=C/C(=O)OCC(=O)N2CCN(C(=O)c3ccco3)CC2)cc1. The van der Waals surface area contributed by atoms with E-state index < -0.39 is 22.6 Å². The minimum absolute atomic E-state index is 0.178. The molecular weight excluding hydrogens is 474 g/mol. The first-order valence-corrected chi connectivity index (χ1v) is 12.8. The van der Waals surface area contributed by atoms with Gasteiger partial charge in [0, 0.05) is 45.3 Å². The second kappa shape index (κ2) is 11.8. The van der Waals surface area contributed by atoms with Gasteiger partial charge in [-0.25, -0.2) is 13.2 Å². The third-order valence-electron chi connectivity index (χ3n) is 5.62. The Labute approximate surface area is 204 Å². The fraction of sp³-hybridized carbons (Fsp3) is 0.375. The van der Waals surface area contributed by atoms with E-state index in [-0.39, 0.29) is 22.5 Å². The Balaban J connectivity index is 1.45. The number of hydrogen-bond donors (Lipinski definition) is 0. The molecule has 0 spiro atoms. The van der Waals surface area contributed by atoms with Crippen LogP contribution in [0, 0.1) is 0 Å². The second-order valence-corrected chi connectivity index (χ2v) is 9.69. The van der Waals surface area contributed by atoms with Crippen LogP contribution in [-0.2, 0) is 24.3 Å². The zero-order valence-corrected chi connectivity index (χ0v) is 20.6. The molecule has 1 aliphatic heterocycles. The fourth-order valence-corrected chi connectivity index (χ4v) is 5.07. The highest BCUT2D eigenvalue weighted by molar-refractivity contribution is 7.89. The van der Waals surface area contributed by atoms with Crippen molar-refractivity contribution in [3.63, 3.8) is 0 Å². The summed E-state index contributed by atoms with van der Waals surface area (Å²) in [5.41, 5.74) is 0.615. The van der Waals surface area contributed by atoms with Crippen LogP contribution >= 0.6 is 0 Å². The summed E-state index contributed by atoms with van der Waals surface area (Å²) in [5, 5.41) is 0. The van der Waals surface area contributed by atoms with Crippen molar-refractivity contribution >= 4 is 33.9 Å². The van der Waals surface area contributed by atoms with Crippen molar-refractivity contribution in [1.29, 1.82) is 0 Å². The summed E-state index contributed by atoms with van der Waals surface area (Å²) in [4.78, 5) is 40.0. The Hall–Kier alpha value is -3.44. The van der Waals surface area contributed by atoms with Crippen molar-refractivity contribution < 1.29 is 32.0 Å². The topological polar surface area (TPSA) is 117 Å². The lowest BCUT2D eigenvalue weighted by Gasteiger charge is -2.34. The van der Waals surface area contributed by atoms with Gasteiger partial charge in [-0.3, -0.25) is 9.59 Å². The van der Waals surface area contributed by atoms with E-state index in [2.05, 4.69) is 0 Å². The molecule has 0 saturated carbocycles. The van der Waals surface area contributed by atoms with Crippen LogP contribution in [0.1, 0.15) is 30.0 Å². The summed E-state index contributed by atoms with van der Waals surface area (Å²) in [6.45, 7) is 5.29. The third-order valence-corrected chi connectivity index (χ3v) is 7.69. The molecule has 1 saturated heterocycles. The van der Waals surface area contributed by atoms with Crippen LogP contribution in [0.25, 0.3) is 6.08 Å². The Morgan fingerprint density at radius 1 is 1.00 bits per heavy atom. The van der Waals surface area contributed by atoms with Gasteiger partial charge in [-0.1, -0.05) is 26.0 Å². The first kappa shape index (κ1) is 26.2. The first-order chi connectivity index (χ1) is 16.8. The molecule has 0 bridgehead atoms. The number of carbonyl (C=O) groups excluding carboxylic acids is 3. The average Bonchev–Trinajstić information content (AvgIpc) is 3.41. The smallest absolute Gasteiger partial charge is 0.331 e. The van der Waals surface area contributed by atoms with E-state index in [1.54, 1.807) is 43.0 Å². The third kappa shape index (κ3) is 6.58. The summed E-state index contributed by atoms with van der Waals surface area (Å²) in [6.07, 6.45) is 4.10. The van der Waals surface area contributed by atoms with Crippen LogP contribution in [0.5, 0.6) is 0 Å². The highest BCUT2D eigenvalue weighted by Crippen LogP contribution is 2.17. The summed E-state index contributed by atoms with van der Waals surface area (Å²) in [7, 11) is -3.55. The second-order valence-electron chi connectivity index (χ2n) is 7.75. The standard InChI is InChI=1S/C24H29N3O7S/c1-3-27(4-2)35(31,32)20-10-7-19(8-11-20)9-12-23(29)34-18-22(28)25-13-15-26(16-14-25)24(30)21-6-5-17-33-21/h5-12,17H,3-4,13-16,18H2,1-2H3/b12-9+. The van der Waals surface area contributed by atoms with Gasteiger partial charge in [-0.05, 0) is 35.9 Å². The number of amides is 2. The predicted octanol–water partition coefficient (Wildman–Crippen LogP) is 1.85. The number of rotatable bonds is 9. The van der Waals surface area contributed by atoms with Crippen molar-refractivity contribution in [1.82, 2.24) is 14.1 Å². The molecule has 0 radical (unpaired) electrons. The summed E-state index contributed by atoms with van der Waals surface area (Å²) >= 11 is 0. The minimum Gasteiger partial charge on any atom is -0.459 e. The number of sulfonamides is 1. The van der Waals surface area contributed by atoms with Crippen molar-refractivity contribution in [3.8, 4) is 0 Å². The fourth-order valence-electron chi connectivity index (χ4n) is 3.62. The maximum Gasteiger partial charge on any atom is 0.331 e. The van der Waals surface area contributed by atoms with Crippen molar-refractivity contribution in [2.24, 2.45) is 0 Å². The number of piperazine rings is 1. The van der Waals surface area contributed by atoms with Gasteiger partial charge < -0.3 is 19.0 Å². The molecule has 1 fully saturated rings. The number of ether oxygens (including phenoxy) is 1. The monoisotopic (exact) mass is 503 g/mol. The molecule has 1 aromatic heterocycles. The number of carbonyl (C=O) groups is 3. The Bertz CT molecular complexity index is 1150. The van der Waals surface area contributed by atoms with Crippen LogP contribution in [0.2, 0.25) is 0 Å². The van der Waals surface area contributed by atoms with Gasteiger partial charge in [0.25, 0.3) is 11.8 Å². The van der Waals surface area contributed by atoms with E-state index in [1.807, 2.05) is 0 Å². The van der Waals surface area contributed by atoms with Crippen LogP contribution in [0.3, 0.4) is 0 Å². The molecule has 1 aliphatic rings. The first-order valence-electron chi connectivity index (χ1n) is 11.3. The van der Waals surface area contributed by atoms with E-state index in [9.17, 15) is 22.8 Å². The zero-order valence-electron chi connectivity index (χ0n) is 19.8. The van der Waals surface area contributed by atoms with Gasteiger partial charge in [0.1, 0.15) is 0 Å². The molecule has 0 N–H and O–H groups in total.